The first-order valence-corrected chi connectivity index (χ1v) is 6.23. The van der Waals surface area contributed by atoms with Crippen molar-refractivity contribution in [2.24, 2.45) is 0 Å². The Labute approximate surface area is 120 Å². The molecule has 0 aliphatic heterocycles. The summed E-state index contributed by atoms with van der Waals surface area (Å²) in [5.74, 6) is -0.379. The van der Waals surface area contributed by atoms with E-state index in [1.807, 2.05) is 13.0 Å². The topological polar surface area (TPSA) is 89.1 Å². The van der Waals surface area contributed by atoms with E-state index in [-0.39, 0.29) is 11.5 Å². The summed E-state index contributed by atoms with van der Waals surface area (Å²) in [6, 6.07) is 8.24. The van der Waals surface area contributed by atoms with Crippen LogP contribution in [0.4, 0.5) is 0 Å². The van der Waals surface area contributed by atoms with E-state index < -0.39 is 5.97 Å². The van der Waals surface area contributed by atoms with Gasteiger partial charge in [-0.05, 0) is 36.8 Å². The summed E-state index contributed by atoms with van der Waals surface area (Å²) in [4.78, 5) is 15.0. The predicted molar refractivity (Wildman–Crippen MR) is 74.7 cm³/mol. The fourth-order valence-electron chi connectivity index (χ4n) is 1.91. The summed E-state index contributed by atoms with van der Waals surface area (Å²) >= 11 is 0. The summed E-state index contributed by atoms with van der Waals surface area (Å²) in [6.07, 6.45) is 3.37. The zero-order valence-electron chi connectivity index (χ0n) is 11.1. The van der Waals surface area contributed by atoms with Gasteiger partial charge in [0.25, 0.3) is 0 Å². The first-order chi connectivity index (χ1) is 10.1. The molecule has 1 N–H and O–H groups in total. The Morgan fingerprint density at radius 2 is 1.86 bits per heavy atom. The molecule has 0 unspecified atom stereocenters. The third-order valence-electron chi connectivity index (χ3n) is 2.90. The summed E-state index contributed by atoms with van der Waals surface area (Å²) < 4.78 is 5.59. The van der Waals surface area contributed by atoms with Gasteiger partial charge in [-0.25, -0.2) is 4.79 Å². The molecule has 104 valence electrons. The number of aryl methyl sites for hydroxylation is 1. The largest absolute Gasteiger partial charge is 0.478 e. The van der Waals surface area contributed by atoms with E-state index in [1.54, 1.807) is 24.5 Å². The van der Waals surface area contributed by atoms with Gasteiger partial charge in [-0.3, -0.25) is 4.98 Å². The van der Waals surface area contributed by atoms with Gasteiger partial charge in [0.2, 0.25) is 11.8 Å². The number of hydrogen-bond acceptors (Lipinski definition) is 5. The van der Waals surface area contributed by atoms with Crippen molar-refractivity contribution in [3.63, 3.8) is 0 Å². The molecule has 0 saturated carbocycles. The zero-order valence-corrected chi connectivity index (χ0v) is 11.1. The SMILES string of the molecule is Cc1cncc(-c2nnc(-c3cccc(C(=O)O)c3)o2)c1. The Balaban J connectivity index is 1.98. The summed E-state index contributed by atoms with van der Waals surface area (Å²) in [5.41, 5.74) is 2.45. The van der Waals surface area contributed by atoms with Crippen LogP contribution in [0.25, 0.3) is 22.9 Å². The Morgan fingerprint density at radius 1 is 1.10 bits per heavy atom. The second kappa shape index (κ2) is 5.16. The van der Waals surface area contributed by atoms with Crippen LogP contribution in [0.2, 0.25) is 0 Å². The fraction of sp³-hybridized carbons (Fsp3) is 0.0667. The van der Waals surface area contributed by atoms with E-state index >= 15 is 0 Å². The van der Waals surface area contributed by atoms with Crippen LogP contribution in [0, 0.1) is 6.92 Å². The van der Waals surface area contributed by atoms with Crippen molar-refractivity contribution >= 4 is 5.97 Å². The van der Waals surface area contributed by atoms with Gasteiger partial charge in [-0.15, -0.1) is 10.2 Å². The molecule has 3 rings (SSSR count). The molecule has 21 heavy (non-hydrogen) atoms. The van der Waals surface area contributed by atoms with Crippen molar-refractivity contribution in [2.75, 3.05) is 0 Å². The van der Waals surface area contributed by atoms with Gasteiger partial charge in [0.1, 0.15) is 0 Å². The van der Waals surface area contributed by atoms with Crippen LogP contribution < -0.4 is 0 Å². The Hall–Kier alpha value is -3.02. The maximum atomic E-state index is 11.0. The van der Waals surface area contributed by atoms with Gasteiger partial charge < -0.3 is 9.52 Å². The first-order valence-electron chi connectivity index (χ1n) is 6.23. The van der Waals surface area contributed by atoms with Gasteiger partial charge in [-0.2, -0.15) is 0 Å². The number of rotatable bonds is 3. The average Bonchev–Trinajstić information content (AvgIpc) is 2.97. The van der Waals surface area contributed by atoms with E-state index in [9.17, 15) is 4.79 Å². The Bertz CT molecular complexity index is 811. The standard InChI is InChI=1S/C15H11N3O3/c1-9-5-12(8-16-7-9)14-18-17-13(21-14)10-3-2-4-11(6-10)15(19)20/h2-8H,1H3,(H,19,20). The van der Waals surface area contributed by atoms with Gasteiger partial charge in [0.15, 0.2) is 0 Å². The van der Waals surface area contributed by atoms with Crippen molar-refractivity contribution < 1.29 is 14.3 Å². The minimum Gasteiger partial charge on any atom is -0.478 e. The van der Waals surface area contributed by atoms with E-state index in [4.69, 9.17) is 9.52 Å². The number of carboxylic acid groups (broad SMARTS) is 1. The van der Waals surface area contributed by atoms with Crippen LogP contribution in [-0.2, 0) is 0 Å². The van der Waals surface area contributed by atoms with Crippen molar-refractivity contribution in [3.05, 3.63) is 53.9 Å². The number of aromatic carboxylic acids is 1. The number of nitrogens with zero attached hydrogens (tertiary/aromatic N) is 3. The third kappa shape index (κ3) is 2.64. The van der Waals surface area contributed by atoms with Crippen LogP contribution in [0.3, 0.4) is 0 Å². The molecule has 1 aromatic carbocycles. The molecular formula is C15H11N3O3. The summed E-state index contributed by atoms with van der Waals surface area (Å²) in [6.45, 7) is 1.92. The van der Waals surface area contributed by atoms with E-state index in [2.05, 4.69) is 15.2 Å². The van der Waals surface area contributed by atoms with E-state index in [1.165, 1.54) is 12.1 Å². The highest BCUT2D eigenvalue weighted by molar-refractivity contribution is 5.88. The van der Waals surface area contributed by atoms with Crippen LogP contribution in [0.1, 0.15) is 15.9 Å². The highest BCUT2D eigenvalue weighted by Crippen LogP contribution is 2.24. The molecule has 0 fully saturated rings. The summed E-state index contributed by atoms with van der Waals surface area (Å²) in [5, 5.41) is 16.9. The third-order valence-corrected chi connectivity index (χ3v) is 2.90. The summed E-state index contributed by atoms with van der Waals surface area (Å²) in [7, 11) is 0. The second-order valence-electron chi connectivity index (χ2n) is 4.55. The molecule has 2 aromatic heterocycles. The van der Waals surface area contributed by atoms with Crippen LogP contribution in [0.5, 0.6) is 0 Å². The molecule has 2 heterocycles. The second-order valence-corrected chi connectivity index (χ2v) is 4.55. The molecule has 0 amide bonds. The number of carbonyl (C=O) groups is 1. The van der Waals surface area contributed by atoms with Crippen LogP contribution >= 0.6 is 0 Å². The van der Waals surface area contributed by atoms with Gasteiger partial charge >= 0.3 is 5.97 Å². The molecular weight excluding hydrogens is 270 g/mol. The van der Waals surface area contributed by atoms with Gasteiger partial charge in [0, 0.05) is 18.0 Å². The molecule has 6 nitrogen and oxygen atoms in total. The maximum absolute atomic E-state index is 11.0. The highest BCUT2D eigenvalue weighted by atomic mass is 16.4. The molecule has 0 atom stereocenters. The molecule has 0 bridgehead atoms. The lowest BCUT2D eigenvalue weighted by Gasteiger charge is -1.98. The number of benzene rings is 1. The van der Waals surface area contributed by atoms with Crippen LogP contribution in [0.15, 0.2) is 47.1 Å². The monoisotopic (exact) mass is 281 g/mol. The molecule has 0 aliphatic rings. The Morgan fingerprint density at radius 3 is 2.57 bits per heavy atom. The number of hydrogen-bond donors (Lipinski definition) is 1. The van der Waals surface area contributed by atoms with Crippen molar-refractivity contribution in [1.82, 2.24) is 15.2 Å². The van der Waals surface area contributed by atoms with Crippen LogP contribution in [-0.4, -0.2) is 26.3 Å². The predicted octanol–water partition coefficient (Wildman–Crippen LogP) is 2.81. The molecule has 0 spiro atoms. The zero-order chi connectivity index (χ0) is 14.8. The maximum Gasteiger partial charge on any atom is 0.335 e. The van der Waals surface area contributed by atoms with Crippen molar-refractivity contribution in [3.8, 4) is 22.9 Å². The van der Waals surface area contributed by atoms with Crippen molar-refractivity contribution in [1.29, 1.82) is 0 Å². The average molecular weight is 281 g/mol. The van der Waals surface area contributed by atoms with Crippen molar-refractivity contribution in [2.45, 2.75) is 6.92 Å². The fourth-order valence-corrected chi connectivity index (χ4v) is 1.91. The van der Waals surface area contributed by atoms with E-state index in [0.29, 0.717) is 11.5 Å². The highest BCUT2D eigenvalue weighted by Gasteiger charge is 2.12. The minimum atomic E-state index is -1.00. The van der Waals surface area contributed by atoms with E-state index in [0.717, 1.165) is 11.1 Å². The number of carboxylic acids is 1. The first kappa shape index (κ1) is 13.0. The lowest BCUT2D eigenvalue weighted by Crippen LogP contribution is -1.95. The normalized spacial score (nSPS) is 10.5. The lowest BCUT2D eigenvalue weighted by molar-refractivity contribution is 0.0697. The molecule has 6 heteroatoms. The van der Waals surface area contributed by atoms with Gasteiger partial charge in [-0.1, -0.05) is 6.07 Å². The van der Waals surface area contributed by atoms with Gasteiger partial charge in [0.05, 0.1) is 11.1 Å². The Kier molecular flexibility index (Phi) is 3.19. The number of aromatic nitrogens is 3. The molecule has 0 radical (unpaired) electrons. The quantitative estimate of drug-likeness (QED) is 0.794. The molecule has 0 aliphatic carbocycles. The number of pyridine rings is 1. The molecule has 3 aromatic rings. The minimum absolute atomic E-state index is 0.171. The molecule has 0 saturated heterocycles. The lowest BCUT2D eigenvalue weighted by atomic mass is 10.1. The smallest absolute Gasteiger partial charge is 0.335 e.